The predicted octanol–water partition coefficient (Wildman–Crippen LogP) is 2.75. The molecule has 0 aliphatic heterocycles. The summed E-state index contributed by atoms with van der Waals surface area (Å²) in [6.45, 7) is 4.50. The highest BCUT2D eigenvalue weighted by molar-refractivity contribution is 5.52. The van der Waals surface area contributed by atoms with Gasteiger partial charge >= 0.3 is 0 Å². The van der Waals surface area contributed by atoms with Gasteiger partial charge in [-0.15, -0.1) is 0 Å². The van der Waals surface area contributed by atoms with E-state index in [1.165, 1.54) is 0 Å². The highest BCUT2D eigenvalue weighted by Gasteiger charge is 2.06. The smallest absolute Gasteiger partial charge is 0.237 e. The van der Waals surface area contributed by atoms with Crippen molar-refractivity contribution in [2.45, 2.75) is 26.5 Å². The zero-order chi connectivity index (χ0) is 14.4. The Hall–Kier alpha value is -2.61. The third-order valence-corrected chi connectivity index (χ3v) is 2.54. The molecular formula is C15H16N4O. The summed E-state index contributed by atoms with van der Waals surface area (Å²) < 4.78 is 5.64. The normalized spacial score (nSPS) is 10.1. The molecule has 0 unspecified atom stereocenters. The van der Waals surface area contributed by atoms with Gasteiger partial charge in [0.25, 0.3) is 0 Å². The molecular weight excluding hydrogens is 252 g/mol. The fourth-order valence-electron chi connectivity index (χ4n) is 1.69. The second-order valence-electron chi connectivity index (χ2n) is 4.54. The molecule has 0 aliphatic carbocycles. The highest BCUT2D eigenvalue weighted by atomic mass is 16.5. The van der Waals surface area contributed by atoms with Crippen LogP contribution in [0.1, 0.15) is 25.1 Å². The van der Waals surface area contributed by atoms with Crippen LogP contribution in [-0.2, 0) is 6.54 Å². The van der Waals surface area contributed by atoms with Crippen molar-refractivity contribution in [3.63, 3.8) is 0 Å². The molecule has 0 radical (unpaired) electrons. The van der Waals surface area contributed by atoms with Gasteiger partial charge in [0.15, 0.2) is 0 Å². The van der Waals surface area contributed by atoms with Crippen LogP contribution in [0.5, 0.6) is 5.88 Å². The fraction of sp³-hybridized carbons (Fsp3) is 0.267. The number of ether oxygens (including phenoxy) is 1. The first kappa shape index (κ1) is 13.8. The van der Waals surface area contributed by atoms with Crippen molar-refractivity contribution in [3.05, 3.63) is 47.9 Å². The molecule has 5 nitrogen and oxygen atoms in total. The molecule has 20 heavy (non-hydrogen) atoms. The maximum absolute atomic E-state index is 8.83. The van der Waals surface area contributed by atoms with Crippen molar-refractivity contribution in [1.82, 2.24) is 9.97 Å². The quantitative estimate of drug-likeness (QED) is 0.902. The molecule has 0 bridgehead atoms. The van der Waals surface area contributed by atoms with E-state index in [1.807, 2.05) is 38.1 Å². The molecule has 1 N–H and O–H groups in total. The van der Waals surface area contributed by atoms with Crippen molar-refractivity contribution >= 4 is 5.69 Å². The van der Waals surface area contributed by atoms with Crippen LogP contribution < -0.4 is 10.1 Å². The number of nitriles is 1. The second-order valence-corrected chi connectivity index (χ2v) is 4.54. The van der Waals surface area contributed by atoms with Gasteiger partial charge in [0, 0.05) is 18.9 Å². The Bertz CT molecular complexity index is 619. The summed E-state index contributed by atoms with van der Waals surface area (Å²) in [6.07, 6.45) is 3.39. The Kier molecular flexibility index (Phi) is 4.51. The van der Waals surface area contributed by atoms with Gasteiger partial charge < -0.3 is 10.1 Å². The molecule has 0 saturated heterocycles. The molecule has 0 amide bonds. The van der Waals surface area contributed by atoms with Crippen molar-refractivity contribution in [2.75, 3.05) is 5.32 Å². The van der Waals surface area contributed by atoms with E-state index in [0.29, 0.717) is 18.1 Å². The number of hydrogen-bond donors (Lipinski definition) is 1. The summed E-state index contributed by atoms with van der Waals surface area (Å²) in [5, 5.41) is 12.1. The molecule has 2 aromatic heterocycles. The zero-order valence-electron chi connectivity index (χ0n) is 11.5. The lowest BCUT2D eigenvalue weighted by Gasteiger charge is -2.14. The largest absolute Gasteiger partial charge is 0.473 e. The lowest BCUT2D eigenvalue weighted by Crippen LogP contribution is -2.10. The molecule has 2 rings (SSSR count). The summed E-state index contributed by atoms with van der Waals surface area (Å²) in [6, 6.07) is 9.42. The van der Waals surface area contributed by atoms with Crippen LogP contribution in [-0.4, -0.2) is 16.1 Å². The molecule has 102 valence electrons. The number of pyridine rings is 2. The third-order valence-electron chi connectivity index (χ3n) is 2.54. The summed E-state index contributed by atoms with van der Waals surface area (Å²) in [4.78, 5) is 8.16. The molecule has 0 aliphatic rings. The minimum absolute atomic E-state index is 0.0663. The van der Waals surface area contributed by atoms with E-state index in [9.17, 15) is 0 Å². The van der Waals surface area contributed by atoms with E-state index in [1.54, 1.807) is 18.5 Å². The lowest BCUT2D eigenvalue weighted by atomic mass is 10.2. The average molecular weight is 268 g/mol. The summed E-state index contributed by atoms with van der Waals surface area (Å²) in [7, 11) is 0. The van der Waals surface area contributed by atoms with Crippen LogP contribution in [0.4, 0.5) is 5.69 Å². The summed E-state index contributed by atoms with van der Waals surface area (Å²) in [5.74, 6) is 0.581. The van der Waals surface area contributed by atoms with Crippen LogP contribution >= 0.6 is 0 Å². The maximum Gasteiger partial charge on any atom is 0.237 e. The Morgan fingerprint density at radius 2 is 2.15 bits per heavy atom. The average Bonchev–Trinajstić information content (AvgIpc) is 2.46. The topological polar surface area (TPSA) is 70.8 Å². The highest BCUT2D eigenvalue weighted by Crippen LogP contribution is 2.22. The van der Waals surface area contributed by atoms with E-state index in [-0.39, 0.29) is 6.10 Å². The molecule has 0 aromatic carbocycles. The molecule has 2 heterocycles. The van der Waals surface area contributed by atoms with Crippen molar-refractivity contribution in [3.8, 4) is 11.9 Å². The van der Waals surface area contributed by atoms with Gasteiger partial charge in [-0.2, -0.15) is 5.26 Å². The number of rotatable bonds is 5. The van der Waals surface area contributed by atoms with Crippen molar-refractivity contribution in [2.24, 2.45) is 0 Å². The number of anilines is 1. The minimum atomic E-state index is 0.0663. The van der Waals surface area contributed by atoms with E-state index in [2.05, 4.69) is 15.3 Å². The van der Waals surface area contributed by atoms with Crippen LogP contribution in [0.25, 0.3) is 0 Å². The number of nitrogens with zero attached hydrogens (tertiary/aromatic N) is 3. The van der Waals surface area contributed by atoms with Crippen molar-refractivity contribution in [1.29, 1.82) is 5.26 Å². The third kappa shape index (κ3) is 3.69. The van der Waals surface area contributed by atoms with Gasteiger partial charge in [0.05, 0.1) is 11.8 Å². The number of aromatic nitrogens is 2. The molecule has 0 fully saturated rings. The van der Waals surface area contributed by atoms with Gasteiger partial charge in [0.2, 0.25) is 5.88 Å². The molecule has 0 atom stereocenters. The zero-order valence-corrected chi connectivity index (χ0v) is 11.5. The Morgan fingerprint density at radius 3 is 2.90 bits per heavy atom. The first-order valence-electron chi connectivity index (χ1n) is 6.39. The Balaban J connectivity index is 2.09. The summed E-state index contributed by atoms with van der Waals surface area (Å²) >= 11 is 0. The SMILES string of the molecule is CC(C)Oc1ncccc1NCc1ccnc(C#N)c1. The van der Waals surface area contributed by atoms with Crippen LogP contribution in [0, 0.1) is 11.3 Å². The Labute approximate surface area is 118 Å². The minimum Gasteiger partial charge on any atom is -0.473 e. The fourth-order valence-corrected chi connectivity index (χ4v) is 1.69. The lowest BCUT2D eigenvalue weighted by molar-refractivity contribution is 0.234. The van der Waals surface area contributed by atoms with Gasteiger partial charge in [-0.3, -0.25) is 0 Å². The first-order valence-corrected chi connectivity index (χ1v) is 6.39. The molecule has 2 aromatic rings. The van der Waals surface area contributed by atoms with E-state index >= 15 is 0 Å². The molecule has 0 spiro atoms. The van der Waals surface area contributed by atoms with Gasteiger partial charge in [-0.05, 0) is 43.7 Å². The van der Waals surface area contributed by atoms with Gasteiger partial charge in [-0.1, -0.05) is 0 Å². The van der Waals surface area contributed by atoms with Gasteiger partial charge in [0.1, 0.15) is 11.8 Å². The van der Waals surface area contributed by atoms with Crippen molar-refractivity contribution < 1.29 is 4.74 Å². The van der Waals surface area contributed by atoms with Crippen LogP contribution in [0.3, 0.4) is 0 Å². The predicted molar refractivity (Wildman–Crippen MR) is 76.3 cm³/mol. The standard InChI is InChI=1S/C15H16N4O/c1-11(2)20-15-14(4-3-6-18-15)19-10-12-5-7-17-13(8-12)9-16/h3-8,11,19H,10H2,1-2H3. The van der Waals surface area contributed by atoms with E-state index in [0.717, 1.165) is 11.3 Å². The number of nitrogens with one attached hydrogen (secondary N) is 1. The maximum atomic E-state index is 8.83. The van der Waals surface area contributed by atoms with Crippen LogP contribution in [0.15, 0.2) is 36.7 Å². The number of hydrogen-bond acceptors (Lipinski definition) is 5. The molecule has 5 heteroatoms. The van der Waals surface area contributed by atoms with E-state index < -0.39 is 0 Å². The Morgan fingerprint density at radius 1 is 1.30 bits per heavy atom. The second kappa shape index (κ2) is 6.53. The molecule has 0 saturated carbocycles. The first-order chi connectivity index (χ1) is 9.69. The van der Waals surface area contributed by atoms with Crippen LogP contribution in [0.2, 0.25) is 0 Å². The van der Waals surface area contributed by atoms with E-state index in [4.69, 9.17) is 10.00 Å². The summed E-state index contributed by atoms with van der Waals surface area (Å²) in [5.41, 5.74) is 2.22. The monoisotopic (exact) mass is 268 g/mol. The van der Waals surface area contributed by atoms with Gasteiger partial charge in [-0.25, -0.2) is 9.97 Å².